The molecule has 3 aromatic rings. The van der Waals surface area contributed by atoms with Gasteiger partial charge in [-0.05, 0) is 66.9 Å². The molecule has 0 aliphatic carbocycles. The molecule has 4 nitrogen and oxygen atoms in total. The quantitative estimate of drug-likeness (QED) is 0.566. The maximum absolute atomic E-state index is 13.6. The highest BCUT2D eigenvalue weighted by Crippen LogP contribution is 2.29. The minimum atomic E-state index is -0.915. The van der Waals surface area contributed by atoms with E-state index in [9.17, 15) is 13.6 Å². The number of hydrogen-bond donors (Lipinski definition) is 2. The van der Waals surface area contributed by atoms with Crippen LogP contribution in [0.25, 0.3) is 11.1 Å². The van der Waals surface area contributed by atoms with Gasteiger partial charge in [0.05, 0.1) is 11.4 Å². The van der Waals surface area contributed by atoms with Crippen LogP contribution in [0.15, 0.2) is 66.7 Å². The number of nitrogens with one attached hydrogen (secondary N) is 1. The number of nitrogens with two attached hydrogens (primary N) is 1. The Morgan fingerprint density at radius 1 is 0.935 bits per heavy atom. The summed E-state index contributed by atoms with van der Waals surface area (Å²) in [6.07, 6.45) is 1.56. The van der Waals surface area contributed by atoms with Gasteiger partial charge in [-0.25, -0.2) is 8.78 Å². The second-order valence-electron chi connectivity index (χ2n) is 7.96. The monoisotopic (exact) mass is 421 g/mol. The predicted octanol–water partition coefficient (Wildman–Crippen LogP) is 5.06. The van der Waals surface area contributed by atoms with Crippen LogP contribution in [0, 0.1) is 17.6 Å². The fourth-order valence-corrected chi connectivity index (χ4v) is 3.95. The Hall–Kier alpha value is -3.25. The highest BCUT2D eigenvalue weighted by atomic mass is 19.2. The molecule has 0 bridgehead atoms. The van der Waals surface area contributed by atoms with Crippen molar-refractivity contribution in [3.8, 4) is 11.1 Å². The Labute approximate surface area is 180 Å². The molecule has 1 aliphatic heterocycles. The summed E-state index contributed by atoms with van der Waals surface area (Å²) in [4.78, 5) is 15.2. The molecule has 4 rings (SSSR count). The summed E-state index contributed by atoms with van der Waals surface area (Å²) in [5, 5.41) is 2.93. The van der Waals surface area contributed by atoms with E-state index in [1.807, 2.05) is 18.2 Å². The van der Waals surface area contributed by atoms with Gasteiger partial charge in [0.1, 0.15) is 0 Å². The van der Waals surface area contributed by atoms with Crippen molar-refractivity contribution in [2.75, 3.05) is 24.1 Å². The summed E-state index contributed by atoms with van der Waals surface area (Å²) in [5.41, 5.74) is 9.41. The van der Waals surface area contributed by atoms with Crippen molar-refractivity contribution in [3.63, 3.8) is 0 Å². The second kappa shape index (κ2) is 9.27. The van der Waals surface area contributed by atoms with Gasteiger partial charge in [0, 0.05) is 12.5 Å². The van der Waals surface area contributed by atoms with E-state index < -0.39 is 11.6 Å². The first-order valence-electron chi connectivity index (χ1n) is 10.4. The second-order valence-corrected chi connectivity index (χ2v) is 7.96. The van der Waals surface area contributed by atoms with Crippen molar-refractivity contribution < 1.29 is 13.6 Å². The average Bonchev–Trinajstić information content (AvgIpc) is 2.78. The van der Waals surface area contributed by atoms with E-state index in [1.54, 1.807) is 18.2 Å². The first-order chi connectivity index (χ1) is 15.0. The van der Waals surface area contributed by atoms with E-state index in [0.29, 0.717) is 22.5 Å². The lowest BCUT2D eigenvalue weighted by atomic mass is 9.95. The van der Waals surface area contributed by atoms with Crippen molar-refractivity contribution in [3.05, 3.63) is 83.9 Å². The lowest BCUT2D eigenvalue weighted by Gasteiger charge is -2.31. The summed E-state index contributed by atoms with van der Waals surface area (Å²) in [6, 6.07) is 19.1. The maximum Gasteiger partial charge on any atom is 0.227 e. The fourth-order valence-electron chi connectivity index (χ4n) is 3.95. The van der Waals surface area contributed by atoms with E-state index in [1.165, 1.54) is 11.6 Å². The molecule has 0 saturated carbocycles. The number of amides is 1. The standard InChI is InChI=1S/C25H25F2N3O/c26-21-8-6-19(14-22(21)27)20-7-9-23(28)24(15-20)29-25(31)18-10-12-30(13-11-18)16-17-4-2-1-3-5-17/h1-9,14-15,18H,10-13,16,28H2,(H,29,31). The highest BCUT2D eigenvalue weighted by molar-refractivity contribution is 5.96. The van der Waals surface area contributed by atoms with Crippen LogP contribution in [0.4, 0.5) is 20.2 Å². The first-order valence-corrected chi connectivity index (χ1v) is 10.4. The number of carbonyl (C=O) groups is 1. The molecule has 0 radical (unpaired) electrons. The largest absolute Gasteiger partial charge is 0.397 e. The molecule has 1 fully saturated rings. The molecule has 1 aliphatic rings. The van der Waals surface area contributed by atoms with Crippen molar-refractivity contribution in [1.29, 1.82) is 0 Å². The zero-order valence-electron chi connectivity index (χ0n) is 17.2. The van der Waals surface area contributed by atoms with E-state index >= 15 is 0 Å². The first kappa shape index (κ1) is 21.0. The van der Waals surface area contributed by atoms with Gasteiger partial charge in [-0.15, -0.1) is 0 Å². The van der Waals surface area contributed by atoms with E-state index in [0.717, 1.165) is 44.6 Å². The molecular formula is C25H25F2N3O. The molecule has 1 saturated heterocycles. The Morgan fingerprint density at radius 3 is 2.32 bits per heavy atom. The van der Waals surface area contributed by atoms with Crippen molar-refractivity contribution in [2.45, 2.75) is 19.4 Å². The summed E-state index contributed by atoms with van der Waals surface area (Å²) < 4.78 is 26.8. The SMILES string of the molecule is Nc1ccc(-c2ccc(F)c(F)c2)cc1NC(=O)C1CCN(Cc2ccccc2)CC1. The average molecular weight is 421 g/mol. The molecule has 0 atom stereocenters. The molecule has 6 heteroatoms. The zero-order valence-corrected chi connectivity index (χ0v) is 17.2. The van der Waals surface area contributed by atoms with Crippen molar-refractivity contribution in [2.24, 2.45) is 5.92 Å². The third-order valence-corrected chi connectivity index (χ3v) is 5.77. The van der Waals surface area contributed by atoms with Crippen LogP contribution in [0.1, 0.15) is 18.4 Å². The van der Waals surface area contributed by atoms with Crippen LogP contribution in [0.3, 0.4) is 0 Å². The van der Waals surface area contributed by atoms with E-state index in [4.69, 9.17) is 5.73 Å². The van der Waals surface area contributed by atoms with Gasteiger partial charge in [0.15, 0.2) is 11.6 Å². The summed E-state index contributed by atoms with van der Waals surface area (Å²) >= 11 is 0. The minimum Gasteiger partial charge on any atom is -0.397 e. The molecule has 160 valence electrons. The fraction of sp³-hybridized carbons (Fsp3) is 0.240. The molecule has 3 N–H and O–H groups in total. The summed E-state index contributed by atoms with van der Waals surface area (Å²) in [5.74, 6) is -1.96. The molecular weight excluding hydrogens is 396 g/mol. The van der Waals surface area contributed by atoms with Crippen LogP contribution in [0.2, 0.25) is 0 Å². The maximum atomic E-state index is 13.6. The Kier molecular flexibility index (Phi) is 6.28. The zero-order chi connectivity index (χ0) is 21.8. The number of anilines is 2. The number of hydrogen-bond acceptors (Lipinski definition) is 3. The van der Waals surface area contributed by atoms with Crippen molar-refractivity contribution in [1.82, 2.24) is 4.90 Å². The Bertz CT molecular complexity index is 1060. The Balaban J connectivity index is 1.39. The number of carbonyl (C=O) groups excluding carboxylic acids is 1. The highest BCUT2D eigenvalue weighted by Gasteiger charge is 2.25. The van der Waals surface area contributed by atoms with Crippen LogP contribution in [-0.2, 0) is 11.3 Å². The topological polar surface area (TPSA) is 58.4 Å². The smallest absolute Gasteiger partial charge is 0.227 e. The molecule has 0 unspecified atom stereocenters. The van der Waals surface area contributed by atoms with Gasteiger partial charge in [-0.2, -0.15) is 0 Å². The molecule has 3 aromatic carbocycles. The third kappa shape index (κ3) is 5.09. The third-order valence-electron chi connectivity index (χ3n) is 5.77. The van der Waals surface area contributed by atoms with Crippen LogP contribution >= 0.6 is 0 Å². The molecule has 0 spiro atoms. The number of nitrogens with zero attached hydrogens (tertiary/aromatic N) is 1. The van der Waals surface area contributed by atoms with Gasteiger partial charge >= 0.3 is 0 Å². The molecule has 31 heavy (non-hydrogen) atoms. The lowest BCUT2D eigenvalue weighted by molar-refractivity contribution is -0.121. The van der Waals surface area contributed by atoms with Gasteiger partial charge in [0.2, 0.25) is 5.91 Å². The normalized spacial score (nSPS) is 15.0. The van der Waals surface area contributed by atoms with E-state index in [2.05, 4.69) is 22.3 Å². The number of likely N-dealkylation sites (tertiary alicyclic amines) is 1. The van der Waals surface area contributed by atoms with Gasteiger partial charge in [-0.1, -0.05) is 42.5 Å². The molecule has 1 heterocycles. The van der Waals surface area contributed by atoms with Crippen LogP contribution in [0.5, 0.6) is 0 Å². The van der Waals surface area contributed by atoms with Crippen LogP contribution < -0.4 is 11.1 Å². The van der Waals surface area contributed by atoms with Gasteiger partial charge in [-0.3, -0.25) is 9.69 Å². The van der Waals surface area contributed by atoms with E-state index in [-0.39, 0.29) is 11.8 Å². The summed E-state index contributed by atoms with van der Waals surface area (Å²) in [7, 11) is 0. The van der Waals surface area contributed by atoms with Gasteiger partial charge < -0.3 is 11.1 Å². The molecule has 0 aromatic heterocycles. The number of benzene rings is 3. The molecule has 1 amide bonds. The Morgan fingerprint density at radius 2 is 1.61 bits per heavy atom. The number of piperidine rings is 1. The number of halogens is 2. The predicted molar refractivity (Wildman–Crippen MR) is 119 cm³/mol. The number of rotatable bonds is 5. The van der Waals surface area contributed by atoms with Gasteiger partial charge in [0.25, 0.3) is 0 Å². The van der Waals surface area contributed by atoms with Crippen molar-refractivity contribution >= 4 is 17.3 Å². The lowest BCUT2D eigenvalue weighted by Crippen LogP contribution is -2.37. The minimum absolute atomic E-state index is 0.0616. The number of nitrogen functional groups attached to an aromatic ring is 1. The summed E-state index contributed by atoms with van der Waals surface area (Å²) in [6.45, 7) is 2.60. The van der Waals surface area contributed by atoms with Crippen LogP contribution in [-0.4, -0.2) is 23.9 Å².